The molecular formula is C23H22F4O3. The Balaban J connectivity index is 1.40. The summed E-state index contributed by atoms with van der Waals surface area (Å²) in [7, 11) is 0. The van der Waals surface area contributed by atoms with Gasteiger partial charge in [-0.2, -0.15) is 13.2 Å². The van der Waals surface area contributed by atoms with Crippen LogP contribution in [0.4, 0.5) is 17.6 Å². The molecule has 2 aromatic rings. The highest BCUT2D eigenvalue weighted by atomic mass is 19.4. The van der Waals surface area contributed by atoms with Gasteiger partial charge in [0.25, 0.3) is 6.47 Å². The van der Waals surface area contributed by atoms with Gasteiger partial charge in [0.15, 0.2) is 0 Å². The molecule has 7 heteroatoms. The van der Waals surface area contributed by atoms with Crippen LogP contribution < -0.4 is 4.74 Å². The zero-order chi connectivity index (χ0) is 21.4. The third-order valence-corrected chi connectivity index (χ3v) is 6.08. The van der Waals surface area contributed by atoms with Gasteiger partial charge in [0.2, 0.25) is 0 Å². The lowest BCUT2D eigenvalue weighted by Crippen LogP contribution is -2.31. The van der Waals surface area contributed by atoms with Crippen molar-refractivity contribution in [2.45, 2.75) is 56.4 Å². The topological polar surface area (TPSA) is 35.5 Å². The number of carbonyl (C=O) groups excluding carboxylic acids is 1. The van der Waals surface area contributed by atoms with Gasteiger partial charge in [0, 0.05) is 5.56 Å². The minimum Gasteiger partial charge on any atom is -0.490 e. The van der Waals surface area contributed by atoms with E-state index in [4.69, 9.17) is 9.47 Å². The van der Waals surface area contributed by atoms with Crippen LogP contribution in [0.2, 0.25) is 0 Å². The number of carbonyl (C=O) groups is 1. The first-order valence-electron chi connectivity index (χ1n) is 10.1. The fourth-order valence-electron chi connectivity index (χ4n) is 4.13. The second-order valence-electron chi connectivity index (χ2n) is 8.06. The quantitative estimate of drug-likeness (QED) is 0.413. The van der Waals surface area contributed by atoms with Crippen molar-refractivity contribution < 1.29 is 31.8 Å². The van der Waals surface area contributed by atoms with Gasteiger partial charge in [-0.15, -0.1) is 0 Å². The Morgan fingerprint density at radius 3 is 2.17 bits per heavy atom. The summed E-state index contributed by atoms with van der Waals surface area (Å²) in [6, 6.07) is 11.7. The maximum absolute atomic E-state index is 14.7. The Morgan fingerprint density at radius 1 is 0.967 bits per heavy atom. The summed E-state index contributed by atoms with van der Waals surface area (Å²) in [5.74, 6) is -1.09. The van der Waals surface area contributed by atoms with Crippen molar-refractivity contribution in [3.05, 3.63) is 53.8 Å². The highest BCUT2D eigenvalue weighted by Crippen LogP contribution is 2.49. The lowest BCUT2D eigenvalue weighted by atomic mass is 9.87. The molecule has 0 aliphatic heterocycles. The van der Waals surface area contributed by atoms with Crippen molar-refractivity contribution in [1.82, 2.24) is 0 Å². The van der Waals surface area contributed by atoms with E-state index in [-0.39, 0.29) is 18.9 Å². The highest BCUT2D eigenvalue weighted by Gasteiger charge is 2.47. The van der Waals surface area contributed by atoms with Crippen molar-refractivity contribution >= 4 is 6.47 Å². The van der Waals surface area contributed by atoms with Crippen molar-refractivity contribution in [1.29, 1.82) is 0 Å². The zero-order valence-corrected chi connectivity index (χ0v) is 16.3. The van der Waals surface area contributed by atoms with Gasteiger partial charge in [0.05, 0.1) is 12.0 Å². The van der Waals surface area contributed by atoms with Crippen LogP contribution in [0.5, 0.6) is 5.75 Å². The molecule has 3 nitrogen and oxygen atoms in total. The van der Waals surface area contributed by atoms with Crippen LogP contribution >= 0.6 is 0 Å². The molecule has 0 radical (unpaired) electrons. The molecule has 2 saturated carbocycles. The Kier molecular flexibility index (Phi) is 5.47. The molecule has 2 aliphatic rings. The summed E-state index contributed by atoms with van der Waals surface area (Å²) in [4.78, 5) is 10.7. The number of hydrogen-bond donors (Lipinski definition) is 0. The van der Waals surface area contributed by atoms with E-state index < -0.39 is 23.5 Å². The average molecular weight is 422 g/mol. The first-order chi connectivity index (χ1) is 14.3. The van der Waals surface area contributed by atoms with Gasteiger partial charge in [-0.05, 0) is 67.9 Å². The van der Waals surface area contributed by atoms with E-state index >= 15 is 0 Å². The minimum absolute atomic E-state index is 0.0825. The molecule has 2 fully saturated rings. The summed E-state index contributed by atoms with van der Waals surface area (Å²) >= 11 is 0. The number of hydrogen-bond acceptors (Lipinski definition) is 3. The van der Waals surface area contributed by atoms with Crippen LogP contribution in [-0.4, -0.2) is 18.8 Å². The number of ether oxygens (including phenoxy) is 2. The number of rotatable bonds is 6. The predicted molar refractivity (Wildman–Crippen MR) is 102 cm³/mol. The molecule has 160 valence electrons. The molecule has 0 amide bonds. The predicted octanol–water partition coefficient (Wildman–Crippen LogP) is 6.15. The van der Waals surface area contributed by atoms with E-state index in [1.807, 2.05) is 0 Å². The smallest absolute Gasteiger partial charge is 0.391 e. The van der Waals surface area contributed by atoms with E-state index in [1.165, 1.54) is 6.07 Å². The van der Waals surface area contributed by atoms with Crippen molar-refractivity contribution in [2.24, 2.45) is 5.92 Å². The summed E-state index contributed by atoms with van der Waals surface area (Å²) in [6.45, 7) is 0.396. The summed E-state index contributed by atoms with van der Waals surface area (Å²) < 4.78 is 63.9. The highest BCUT2D eigenvalue weighted by molar-refractivity contribution is 5.65. The molecule has 0 spiro atoms. The fraction of sp³-hybridized carbons (Fsp3) is 0.435. The molecule has 0 N–H and O–H groups in total. The van der Waals surface area contributed by atoms with Crippen LogP contribution in [0.1, 0.15) is 44.1 Å². The summed E-state index contributed by atoms with van der Waals surface area (Å²) in [5.41, 5.74) is 1.03. The third-order valence-electron chi connectivity index (χ3n) is 6.08. The fourth-order valence-corrected chi connectivity index (χ4v) is 4.13. The van der Waals surface area contributed by atoms with Crippen LogP contribution in [-0.2, 0) is 15.1 Å². The van der Waals surface area contributed by atoms with E-state index in [0.717, 1.165) is 0 Å². The number of benzene rings is 2. The molecule has 0 heterocycles. The van der Waals surface area contributed by atoms with Crippen molar-refractivity contribution in [3.63, 3.8) is 0 Å². The van der Waals surface area contributed by atoms with Gasteiger partial charge >= 0.3 is 6.18 Å². The SMILES string of the molecule is O=COC1(c2ccc(-c3ccc(OC4CCC(C(F)(F)F)CC4)cc3)c(F)c2)CC1. The summed E-state index contributed by atoms with van der Waals surface area (Å²) in [6.07, 6.45) is -2.11. The van der Waals surface area contributed by atoms with Crippen LogP contribution in [0, 0.1) is 11.7 Å². The minimum atomic E-state index is -4.13. The second kappa shape index (κ2) is 7.93. The molecule has 0 saturated heterocycles. The van der Waals surface area contributed by atoms with E-state index in [2.05, 4.69) is 0 Å². The van der Waals surface area contributed by atoms with E-state index in [1.54, 1.807) is 36.4 Å². The maximum atomic E-state index is 14.7. The van der Waals surface area contributed by atoms with Gasteiger partial charge in [-0.3, -0.25) is 4.79 Å². The Labute approximate surface area is 172 Å². The number of alkyl halides is 3. The maximum Gasteiger partial charge on any atom is 0.391 e. The largest absolute Gasteiger partial charge is 0.490 e. The van der Waals surface area contributed by atoms with Gasteiger partial charge in [0.1, 0.15) is 17.2 Å². The molecule has 0 bridgehead atoms. The summed E-state index contributed by atoms with van der Waals surface area (Å²) in [5, 5.41) is 0. The Hall–Kier alpha value is -2.57. The number of halogens is 4. The van der Waals surface area contributed by atoms with Crippen molar-refractivity contribution in [3.8, 4) is 16.9 Å². The second-order valence-corrected chi connectivity index (χ2v) is 8.06. The lowest BCUT2D eigenvalue weighted by molar-refractivity contribution is -0.185. The van der Waals surface area contributed by atoms with E-state index in [9.17, 15) is 22.4 Å². The first kappa shape index (κ1) is 20.7. The van der Waals surface area contributed by atoms with E-state index in [0.29, 0.717) is 54.6 Å². The molecule has 30 heavy (non-hydrogen) atoms. The monoisotopic (exact) mass is 422 g/mol. The first-order valence-corrected chi connectivity index (χ1v) is 10.1. The van der Waals surface area contributed by atoms with Gasteiger partial charge in [-0.25, -0.2) is 4.39 Å². The molecule has 0 aromatic heterocycles. The molecule has 0 atom stereocenters. The molecule has 0 unspecified atom stereocenters. The average Bonchev–Trinajstić information content (AvgIpc) is 3.50. The standard InChI is InChI=1S/C23H22F4O3/c24-21-13-17(22(11-12-22)29-14-28)5-10-20(21)15-1-6-18(7-2-15)30-19-8-3-16(4-9-19)23(25,26)27/h1-2,5-7,10,13-14,16,19H,3-4,8-9,11-12H2. The van der Waals surface area contributed by atoms with Gasteiger partial charge in [-0.1, -0.05) is 24.3 Å². The molecule has 2 aromatic carbocycles. The lowest BCUT2D eigenvalue weighted by Gasteiger charge is -2.30. The Morgan fingerprint density at radius 2 is 1.63 bits per heavy atom. The van der Waals surface area contributed by atoms with Crippen LogP contribution in [0.25, 0.3) is 11.1 Å². The van der Waals surface area contributed by atoms with Gasteiger partial charge < -0.3 is 9.47 Å². The van der Waals surface area contributed by atoms with Crippen molar-refractivity contribution in [2.75, 3.05) is 0 Å². The Bertz CT molecular complexity index is 896. The normalized spacial score (nSPS) is 22.9. The zero-order valence-electron chi connectivity index (χ0n) is 16.3. The van der Waals surface area contributed by atoms with Crippen LogP contribution in [0.3, 0.4) is 0 Å². The molecule has 2 aliphatic carbocycles. The third kappa shape index (κ3) is 4.30. The molecule has 4 rings (SSSR count). The van der Waals surface area contributed by atoms with Crippen LogP contribution in [0.15, 0.2) is 42.5 Å². The molecular weight excluding hydrogens is 400 g/mol.